The molecule has 2 aromatic heterocycles. The molecule has 188 valence electrons. The van der Waals surface area contributed by atoms with Gasteiger partial charge in [0.1, 0.15) is 23.3 Å². The Labute approximate surface area is 213 Å². The molecule has 0 saturated carbocycles. The van der Waals surface area contributed by atoms with Crippen LogP contribution in [0.25, 0.3) is 11.4 Å². The zero-order valence-corrected chi connectivity index (χ0v) is 20.9. The third kappa shape index (κ3) is 4.56. The number of ether oxygens (including phenoxy) is 3. The molecule has 10 heteroatoms. The van der Waals surface area contributed by atoms with E-state index >= 15 is 0 Å². The van der Waals surface area contributed by atoms with Crippen LogP contribution in [0.3, 0.4) is 0 Å². The molecule has 3 heterocycles. The van der Waals surface area contributed by atoms with Crippen molar-refractivity contribution >= 4 is 17.5 Å². The highest BCUT2D eigenvalue weighted by Gasteiger charge is 2.35. The van der Waals surface area contributed by atoms with Gasteiger partial charge < -0.3 is 24.8 Å². The topological polar surface area (TPSA) is 112 Å². The van der Waals surface area contributed by atoms with Gasteiger partial charge in [0, 0.05) is 23.5 Å². The lowest BCUT2D eigenvalue weighted by Gasteiger charge is -2.28. The molecule has 0 aliphatic carbocycles. The molecule has 2 N–H and O–H groups in total. The van der Waals surface area contributed by atoms with E-state index < -0.39 is 6.04 Å². The van der Waals surface area contributed by atoms with Crippen LogP contribution in [0.2, 0.25) is 0 Å². The molecule has 1 aliphatic heterocycles. The molecule has 1 atom stereocenters. The monoisotopic (exact) mass is 498 g/mol. The van der Waals surface area contributed by atoms with E-state index in [-0.39, 0.29) is 5.91 Å². The molecule has 4 aromatic rings. The first-order chi connectivity index (χ1) is 18.0. The Morgan fingerprint density at radius 2 is 1.70 bits per heavy atom. The lowest BCUT2D eigenvalue weighted by atomic mass is 9.98. The van der Waals surface area contributed by atoms with Crippen molar-refractivity contribution in [3.63, 3.8) is 0 Å². The van der Waals surface area contributed by atoms with E-state index in [2.05, 4.69) is 15.6 Å². The summed E-state index contributed by atoms with van der Waals surface area (Å²) in [7, 11) is 4.73. The Morgan fingerprint density at radius 3 is 2.38 bits per heavy atom. The minimum atomic E-state index is -0.624. The SMILES string of the molecule is COc1cc(OC)cc(-c2nc3n(n2)[C@@H](c2ccccn2)C(C(=O)Nc2ccccc2OC)=C(C)N3)c1. The fraction of sp³-hybridized carbons (Fsp3) is 0.185. The van der Waals surface area contributed by atoms with Gasteiger partial charge in [0.05, 0.1) is 38.3 Å². The second-order valence-corrected chi connectivity index (χ2v) is 8.28. The lowest BCUT2D eigenvalue weighted by molar-refractivity contribution is -0.113. The van der Waals surface area contributed by atoms with Gasteiger partial charge in [-0.15, -0.1) is 5.10 Å². The van der Waals surface area contributed by atoms with Gasteiger partial charge in [0.15, 0.2) is 5.82 Å². The summed E-state index contributed by atoms with van der Waals surface area (Å²) in [6.45, 7) is 1.83. The third-order valence-corrected chi connectivity index (χ3v) is 6.03. The lowest BCUT2D eigenvalue weighted by Crippen LogP contribution is -2.32. The van der Waals surface area contributed by atoms with Gasteiger partial charge in [-0.2, -0.15) is 4.98 Å². The smallest absolute Gasteiger partial charge is 0.256 e. The van der Waals surface area contributed by atoms with E-state index in [9.17, 15) is 4.79 Å². The summed E-state index contributed by atoms with van der Waals surface area (Å²) in [6.07, 6.45) is 1.69. The van der Waals surface area contributed by atoms with Gasteiger partial charge in [0.25, 0.3) is 5.91 Å². The van der Waals surface area contributed by atoms with Crippen molar-refractivity contribution in [1.29, 1.82) is 0 Å². The van der Waals surface area contributed by atoms with E-state index in [1.807, 2.05) is 49.4 Å². The first-order valence-corrected chi connectivity index (χ1v) is 11.6. The largest absolute Gasteiger partial charge is 0.497 e. The maximum Gasteiger partial charge on any atom is 0.256 e. The number of rotatable bonds is 7. The molecule has 1 aliphatic rings. The maximum absolute atomic E-state index is 13.7. The van der Waals surface area contributed by atoms with Gasteiger partial charge in [-0.25, -0.2) is 4.68 Å². The number of amides is 1. The number of hydrogen-bond donors (Lipinski definition) is 2. The summed E-state index contributed by atoms with van der Waals surface area (Å²) < 4.78 is 17.9. The minimum Gasteiger partial charge on any atom is -0.497 e. The predicted molar refractivity (Wildman–Crippen MR) is 139 cm³/mol. The van der Waals surface area contributed by atoms with Crippen LogP contribution in [-0.4, -0.2) is 47.0 Å². The highest BCUT2D eigenvalue weighted by atomic mass is 16.5. The summed E-state index contributed by atoms with van der Waals surface area (Å²) in [6, 6.07) is 17.6. The Bertz CT molecular complexity index is 1460. The van der Waals surface area contributed by atoms with Crippen molar-refractivity contribution in [2.45, 2.75) is 13.0 Å². The minimum absolute atomic E-state index is 0.309. The number of methoxy groups -OCH3 is 3. The normalized spacial score (nSPS) is 14.4. The van der Waals surface area contributed by atoms with Crippen molar-refractivity contribution in [3.05, 3.63) is 83.8 Å². The second-order valence-electron chi connectivity index (χ2n) is 8.28. The molecule has 2 aromatic carbocycles. The van der Waals surface area contributed by atoms with E-state index in [4.69, 9.17) is 24.3 Å². The van der Waals surface area contributed by atoms with E-state index in [0.29, 0.717) is 57.2 Å². The van der Waals surface area contributed by atoms with Crippen molar-refractivity contribution in [2.75, 3.05) is 32.0 Å². The Balaban J connectivity index is 1.59. The van der Waals surface area contributed by atoms with Gasteiger partial charge in [0.2, 0.25) is 5.95 Å². The van der Waals surface area contributed by atoms with Gasteiger partial charge in [-0.3, -0.25) is 9.78 Å². The summed E-state index contributed by atoms with van der Waals surface area (Å²) in [4.78, 5) is 23.0. The molecule has 0 saturated heterocycles. The molecule has 0 radical (unpaired) electrons. The van der Waals surface area contributed by atoms with Crippen LogP contribution in [0.4, 0.5) is 11.6 Å². The van der Waals surface area contributed by atoms with Crippen LogP contribution >= 0.6 is 0 Å². The Hall–Kier alpha value is -4.86. The average Bonchev–Trinajstić information content (AvgIpc) is 3.36. The number of carbonyl (C=O) groups is 1. The molecular weight excluding hydrogens is 472 g/mol. The fourth-order valence-electron chi connectivity index (χ4n) is 4.25. The number of pyridine rings is 1. The first-order valence-electron chi connectivity index (χ1n) is 11.6. The van der Waals surface area contributed by atoms with Crippen molar-refractivity contribution in [3.8, 4) is 28.6 Å². The van der Waals surface area contributed by atoms with E-state index in [1.165, 1.54) is 0 Å². The molecule has 0 fully saturated rings. The van der Waals surface area contributed by atoms with Crippen LogP contribution < -0.4 is 24.8 Å². The number of benzene rings is 2. The number of nitrogens with zero attached hydrogens (tertiary/aromatic N) is 4. The van der Waals surface area contributed by atoms with E-state index in [1.54, 1.807) is 50.4 Å². The van der Waals surface area contributed by atoms with E-state index in [0.717, 1.165) is 0 Å². The summed E-state index contributed by atoms with van der Waals surface area (Å²) >= 11 is 0. The Kier molecular flexibility index (Phi) is 6.46. The number of fused-ring (bicyclic) bond motifs is 1. The number of anilines is 2. The average molecular weight is 499 g/mol. The van der Waals surface area contributed by atoms with Crippen LogP contribution in [0, 0.1) is 0 Å². The predicted octanol–water partition coefficient (Wildman–Crippen LogP) is 4.29. The highest BCUT2D eigenvalue weighted by molar-refractivity contribution is 6.06. The zero-order chi connectivity index (χ0) is 25.9. The van der Waals surface area contributed by atoms with Gasteiger partial charge in [-0.1, -0.05) is 18.2 Å². The molecule has 0 spiro atoms. The first kappa shape index (κ1) is 23.9. The number of nitrogens with one attached hydrogen (secondary N) is 2. The molecule has 10 nitrogen and oxygen atoms in total. The fourth-order valence-corrected chi connectivity index (χ4v) is 4.25. The maximum atomic E-state index is 13.7. The van der Waals surface area contributed by atoms with Gasteiger partial charge in [-0.05, 0) is 43.3 Å². The molecule has 0 bridgehead atoms. The van der Waals surface area contributed by atoms with Gasteiger partial charge >= 0.3 is 0 Å². The zero-order valence-electron chi connectivity index (χ0n) is 20.9. The second kappa shape index (κ2) is 10.0. The number of aromatic nitrogens is 4. The molecule has 1 amide bonds. The quantitative estimate of drug-likeness (QED) is 0.388. The molecular formula is C27H26N6O4. The third-order valence-electron chi connectivity index (χ3n) is 6.03. The summed E-state index contributed by atoms with van der Waals surface area (Å²) in [5.74, 6) is 2.41. The summed E-state index contributed by atoms with van der Waals surface area (Å²) in [5, 5.41) is 11.0. The number of hydrogen-bond acceptors (Lipinski definition) is 8. The molecule has 0 unspecified atom stereocenters. The van der Waals surface area contributed by atoms with Crippen LogP contribution in [0.5, 0.6) is 17.2 Å². The van der Waals surface area contributed by atoms with Crippen LogP contribution in [0.1, 0.15) is 18.7 Å². The van der Waals surface area contributed by atoms with Crippen LogP contribution in [0.15, 0.2) is 78.1 Å². The van der Waals surface area contributed by atoms with Crippen molar-refractivity contribution in [1.82, 2.24) is 19.7 Å². The molecule has 37 heavy (non-hydrogen) atoms. The Morgan fingerprint density at radius 1 is 0.973 bits per heavy atom. The molecule has 5 rings (SSSR count). The number of para-hydroxylation sites is 2. The number of carbonyl (C=O) groups excluding carboxylic acids is 1. The number of allylic oxidation sites excluding steroid dienone is 1. The summed E-state index contributed by atoms with van der Waals surface area (Å²) in [5.41, 5.74) is 3.00. The highest BCUT2D eigenvalue weighted by Crippen LogP contribution is 2.37. The standard InChI is InChI=1S/C27H26N6O4/c1-16-23(26(34)30-20-9-5-6-11-22(20)37-4)24(21-10-7-8-12-28-21)33-27(29-16)31-25(32-33)17-13-18(35-2)15-19(14-17)36-3/h5-15,24H,1-4H3,(H,30,34)(H,29,31,32)/t24-/m0/s1. The van der Waals surface area contributed by atoms with Crippen molar-refractivity contribution in [2.24, 2.45) is 0 Å². The van der Waals surface area contributed by atoms with Crippen LogP contribution in [-0.2, 0) is 4.79 Å². The van der Waals surface area contributed by atoms with Crippen molar-refractivity contribution < 1.29 is 19.0 Å².